The van der Waals surface area contributed by atoms with Crippen molar-refractivity contribution in [2.75, 3.05) is 19.8 Å². The van der Waals surface area contributed by atoms with Gasteiger partial charge in [0.2, 0.25) is 5.89 Å². The Bertz CT molecular complexity index is 697. The Labute approximate surface area is 140 Å². The summed E-state index contributed by atoms with van der Waals surface area (Å²) >= 11 is 0. The molecule has 6 heteroatoms. The lowest BCUT2D eigenvalue weighted by molar-refractivity contribution is -0.0139. The van der Waals surface area contributed by atoms with Crippen LogP contribution in [0.1, 0.15) is 47.3 Å². The highest BCUT2D eigenvalue weighted by molar-refractivity contribution is 5.96. The van der Waals surface area contributed by atoms with E-state index in [1.54, 1.807) is 0 Å². The van der Waals surface area contributed by atoms with Gasteiger partial charge < -0.3 is 9.26 Å². The van der Waals surface area contributed by atoms with Gasteiger partial charge in [0.25, 0.3) is 0 Å². The molecule has 1 saturated carbocycles. The zero-order valence-corrected chi connectivity index (χ0v) is 13.6. The molecular formula is C18H21N3O3. The van der Waals surface area contributed by atoms with Crippen LogP contribution in [0.15, 0.2) is 34.9 Å². The summed E-state index contributed by atoms with van der Waals surface area (Å²) in [6.45, 7) is 2.61. The molecule has 1 aromatic carbocycles. The van der Waals surface area contributed by atoms with Crippen molar-refractivity contribution in [2.24, 2.45) is 0 Å². The summed E-state index contributed by atoms with van der Waals surface area (Å²) in [5.41, 5.74) is 0.749. The standard InChI is InChI=1S/C18H21N3O3/c22-16(13-4-2-1-3-5-13)10-15-12-23-9-8-21(15)11-17-19-18(24-20-17)14-6-7-14/h1-5,14-15H,6-12H2/t15-/m1/s1. The summed E-state index contributed by atoms with van der Waals surface area (Å²) in [7, 11) is 0. The molecule has 0 amide bonds. The van der Waals surface area contributed by atoms with Crippen molar-refractivity contribution in [1.29, 1.82) is 0 Å². The molecule has 2 aromatic rings. The molecule has 24 heavy (non-hydrogen) atoms. The van der Waals surface area contributed by atoms with Crippen LogP contribution in [0.5, 0.6) is 0 Å². The molecule has 0 radical (unpaired) electrons. The predicted molar refractivity (Wildman–Crippen MR) is 86.7 cm³/mol. The number of carbonyl (C=O) groups is 1. The van der Waals surface area contributed by atoms with E-state index in [0.717, 1.165) is 30.8 Å². The number of ketones is 1. The lowest BCUT2D eigenvalue weighted by atomic mass is 10.0. The van der Waals surface area contributed by atoms with Gasteiger partial charge in [-0.05, 0) is 12.8 Å². The quantitative estimate of drug-likeness (QED) is 0.759. The molecule has 1 aliphatic carbocycles. The SMILES string of the molecule is O=C(C[C@@H]1COCCN1Cc1noc(C2CC2)n1)c1ccccc1. The summed E-state index contributed by atoms with van der Waals surface area (Å²) < 4.78 is 10.9. The summed E-state index contributed by atoms with van der Waals surface area (Å²) in [5, 5.41) is 4.09. The van der Waals surface area contributed by atoms with Gasteiger partial charge in [-0.25, -0.2) is 0 Å². The van der Waals surface area contributed by atoms with Crippen molar-refractivity contribution in [1.82, 2.24) is 15.0 Å². The Kier molecular flexibility index (Phi) is 4.40. The largest absolute Gasteiger partial charge is 0.378 e. The number of hydrogen-bond acceptors (Lipinski definition) is 6. The maximum atomic E-state index is 12.5. The normalized spacial score (nSPS) is 21.8. The molecule has 126 valence electrons. The third-order valence-electron chi connectivity index (χ3n) is 4.62. The second kappa shape index (κ2) is 6.83. The molecule has 2 fully saturated rings. The highest BCUT2D eigenvalue weighted by atomic mass is 16.5. The van der Waals surface area contributed by atoms with Gasteiger partial charge in [0.05, 0.1) is 19.8 Å². The third-order valence-corrected chi connectivity index (χ3v) is 4.62. The van der Waals surface area contributed by atoms with Gasteiger partial charge in [-0.3, -0.25) is 9.69 Å². The first kappa shape index (κ1) is 15.5. The predicted octanol–water partition coefficient (Wildman–Crippen LogP) is 2.42. The Morgan fingerprint density at radius 1 is 1.25 bits per heavy atom. The van der Waals surface area contributed by atoms with E-state index in [4.69, 9.17) is 9.26 Å². The van der Waals surface area contributed by atoms with Crippen LogP contribution < -0.4 is 0 Å². The van der Waals surface area contributed by atoms with Crippen LogP contribution in [0.3, 0.4) is 0 Å². The van der Waals surface area contributed by atoms with E-state index in [1.807, 2.05) is 30.3 Å². The minimum atomic E-state index is 0.0503. The van der Waals surface area contributed by atoms with Gasteiger partial charge in [-0.15, -0.1) is 0 Å². The van der Waals surface area contributed by atoms with Crippen molar-refractivity contribution < 1.29 is 14.1 Å². The average Bonchev–Trinajstić information content (AvgIpc) is 3.37. The van der Waals surface area contributed by atoms with Crippen molar-refractivity contribution in [3.63, 3.8) is 0 Å². The smallest absolute Gasteiger partial charge is 0.229 e. The Hall–Kier alpha value is -2.05. The van der Waals surface area contributed by atoms with E-state index < -0.39 is 0 Å². The van der Waals surface area contributed by atoms with Gasteiger partial charge in [0.1, 0.15) is 0 Å². The topological polar surface area (TPSA) is 68.5 Å². The average molecular weight is 327 g/mol. The van der Waals surface area contributed by atoms with Crippen LogP contribution in [0.25, 0.3) is 0 Å². The fraction of sp³-hybridized carbons (Fsp3) is 0.500. The van der Waals surface area contributed by atoms with E-state index in [0.29, 0.717) is 37.9 Å². The zero-order valence-electron chi connectivity index (χ0n) is 13.6. The minimum absolute atomic E-state index is 0.0503. The number of Topliss-reactive ketones (excluding diaryl/α,β-unsaturated/α-hetero) is 1. The number of carbonyl (C=O) groups excluding carboxylic acids is 1. The van der Waals surface area contributed by atoms with Crippen LogP contribution in [0, 0.1) is 0 Å². The second-order valence-corrected chi connectivity index (χ2v) is 6.52. The van der Waals surface area contributed by atoms with Crippen LogP contribution in [0.2, 0.25) is 0 Å². The number of hydrogen-bond donors (Lipinski definition) is 0. The van der Waals surface area contributed by atoms with Crippen LogP contribution in [-0.2, 0) is 11.3 Å². The molecule has 2 heterocycles. The molecule has 0 bridgehead atoms. The number of ether oxygens (including phenoxy) is 1. The number of nitrogens with zero attached hydrogens (tertiary/aromatic N) is 3. The monoisotopic (exact) mass is 327 g/mol. The molecular weight excluding hydrogens is 306 g/mol. The fourth-order valence-electron chi connectivity index (χ4n) is 3.05. The van der Waals surface area contributed by atoms with Crippen LogP contribution in [-0.4, -0.2) is 46.6 Å². The summed E-state index contributed by atoms with van der Waals surface area (Å²) in [6, 6.07) is 9.46. The number of benzene rings is 1. The Morgan fingerprint density at radius 2 is 2.08 bits per heavy atom. The lowest BCUT2D eigenvalue weighted by Crippen LogP contribution is -2.46. The van der Waals surface area contributed by atoms with Gasteiger partial charge in [-0.1, -0.05) is 35.5 Å². The molecule has 0 unspecified atom stereocenters. The lowest BCUT2D eigenvalue weighted by Gasteiger charge is -2.34. The maximum Gasteiger partial charge on any atom is 0.229 e. The zero-order chi connectivity index (χ0) is 16.4. The van der Waals surface area contributed by atoms with Gasteiger partial charge in [0.15, 0.2) is 11.6 Å². The molecule has 2 aliphatic rings. The van der Waals surface area contributed by atoms with E-state index in [9.17, 15) is 4.79 Å². The third kappa shape index (κ3) is 3.55. The van der Waals surface area contributed by atoms with E-state index >= 15 is 0 Å². The molecule has 0 N–H and O–H groups in total. The number of aromatic nitrogens is 2. The molecule has 1 atom stereocenters. The van der Waals surface area contributed by atoms with Gasteiger partial charge in [0, 0.05) is 30.5 Å². The van der Waals surface area contributed by atoms with Crippen LogP contribution in [0.4, 0.5) is 0 Å². The summed E-state index contributed by atoms with van der Waals surface area (Å²) in [5.74, 6) is 2.07. The Morgan fingerprint density at radius 3 is 2.88 bits per heavy atom. The molecule has 1 aliphatic heterocycles. The molecule has 0 spiro atoms. The Balaban J connectivity index is 1.41. The highest BCUT2D eigenvalue weighted by Crippen LogP contribution is 2.38. The van der Waals surface area contributed by atoms with Crippen molar-refractivity contribution in [3.05, 3.63) is 47.6 Å². The van der Waals surface area contributed by atoms with E-state index in [2.05, 4.69) is 15.0 Å². The van der Waals surface area contributed by atoms with Crippen LogP contribution >= 0.6 is 0 Å². The molecule has 1 saturated heterocycles. The van der Waals surface area contributed by atoms with Crippen molar-refractivity contribution >= 4 is 5.78 Å². The second-order valence-electron chi connectivity index (χ2n) is 6.52. The van der Waals surface area contributed by atoms with E-state index in [1.165, 1.54) is 0 Å². The molecule has 4 rings (SSSR count). The molecule has 1 aromatic heterocycles. The summed E-state index contributed by atoms with van der Waals surface area (Å²) in [4.78, 5) is 19.2. The summed E-state index contributed by atoms with van der Waals surface area (Å²) in [6.07, 6.45) is 2.73. The van der Waals surface area contributed by atoms with Gasteiger partial charge >= 0.3 is 0 Å². The first-order chi connectivity index (χ1) is 11.8. The van der Waals surface area contributed by atoms with Gasteiger partial charge in [-0.2, -0.15) is 4.98 Å². The van der Waals surface area contributed by atoms with Crippen molar-refractivity contribution in [3.8, 4) is 0 Å². The number of morpholine rings is 1. The highest BCUT2D eigenvalue weighted by Gasteiger charge is 2.31. The molecule has 6 nitrogen and oxygen atoms in total. The minimum Gasteiger partial charge on any atom is -0.378 e. The van der Waals surface area contributed by atoms with Crippen molar-refractivity contribution in [2.45, 2.75) is 37.8 Å². The maximum absolute atomic E-state index is 12.5. The number of rotatable bonds is 6. The first-order valence-corrected chi connectivity index (χ1v) is 8.52. The van der Waals surface area contributed by atoms with E-state index in [-0.39, 0.29) is 11.8 Å². The fourth-order valence-corrected chi connectivity index (χ4v) is 3.05. The first-order valence-electron chi connectivity index (χ1n) is 8.52.